The molecule has 0 aromatic heterocycles. The average molecular weight is 337 g/mol. The second kappa shape index (κ2) is 7.10. The van der Waals surface area contributed by atoms with E-state index in [0.29, 0.717) is 34.4 Å². The Kier molecular flexibility index (Phi) is 5.12. The van der Waals surface area contributed by atoms with E-state index in [9.17, 15) is 4.79 Å². The van der Waals surface area contributed by atoms with E-state index < -0.39 is 0 Å². The summed E-state index contributed by atoms with van der Waals surface area (Å²) in [4.78, 5) is 15.2. The van der Waals surface area contributed by atoms with E-state index in [1.54, 1.807) is 19.2 Å². The lowest BCUT2D eigenvalue weighted by molar-refractivity contribution is 0.0923. The van der Waals surface area contributed by atoms with E-state index in [1.165, 1.54) is 19.4 Å². The van der Waals surface area contributed by atoms with Crippen LogP contribution in [0.5, 0.6) is 5.75 Å². The number of hydrogen-bond donors (Lipinski definition) is 1. The number of benzene rings is 1. The van der Waals surface area contributed by atoms with Gasteiger partial charge in [-0.05, 0) is 56.7 Å². The first kappa shape index (κ1) is 16.6. The summed E-state index contributed by atoms with van der Waals surface area (Å²) in [5.41, 5.74) is 6.77. The smallest absolute Gasteiger partial charge is 0.166 e. The largest absolute Gasteiger partial charge is 0.496 e. The van der Waals surface area contributed by atoms with Crippen molar-refractivity contribution in [1.29, 1.82) is 0 Å². The van der Waals surface area contributed by atoms with Gasteiger partial charge in [-0.2, -0.15) is 0 Å². The lowest BCUT2D eigenvalue weighted by Crippen LogP contribution is -2.35. The third-order valence-electron chi connectivity index (χ3n) is 5.01. The maximum atomic E-state index is 12.6. The van der Waals surface area contributed by atoms with Crippen LogP contribution in [0.15, 0.2) is 12.1 Å². The Morgan fingerprint density at radius 2 is 1.96 bits per heavy atom. The van der Waals surface area contributed by atoms with Gasteiger partial charge in [0.1, 0.15) is 5.75 Å². The number of methoxy groups -OCH3 is 1. The molecular weight excluding hydrogens is 312 g/mol. The highest BCUT2D eigenvalue weighted by molar-refractivity contribution is 6.33. The summed E-state index contributed by atoms with van der Waals surface area (Å²) >= 11 is 6.06. The molecule has 1 aliphatic heterocycles. The van der Waals surface area contributed by atoms with Crippen LogP contribution in [0.3, 0.4) is 0 Å². The Morgan fingerprint density at radius 1 is 1.26 bits per heavy atom. The molecular formula is C18H25ClN2O2. The van der Waals surface area contributed by atoms with E-state index in [1.807, 2.05) is 0 Å². The van der Waals surface area contributed by atoms with E-state index >= 15 is 0 Å². The number of rotatable bonds is 6. The number of carbonyl (C=O) groups is 1. The molecule has 5 heteroatoms. The first-order chi connectivity index (χ1) is 11.1. The van der Waals surface area contributed by atoms with Crippen LogP contribution < -0.4 is 10.5 Å². The summed E-state index contributed by atoms with van der Waals surface area (Å²) in [6.45, 7) is 3.49. The molecule has 1 heterocycles. The number of likely N-dealkylation sites (tertiary alicyclic amines) is 1. The fourth-order valence-corrected chi connectivity index (χ4v) is 3.53. The van der Waals surface area contributed by atoms with E-state index in [2.05, 4.69) is 4.90 Å². The molecule has 0 amide bonds. The van der Waals surface area contributed by atoms with Crippen molar-refractivity contribution in [3.63, 3.8) is 0 Å². The zero-order valence-corrected chi connectivity index (χ0v) is 14.4. The Morgan fingerprint density at radius 3 is 2.57 bits per heavy atom. The van der Waals surface area contributed by atoms with Crippen LogP contribution in [-0.2, 0) is 0 Å². The van der Waals surface area contributed by atoms with Crippen molar-refractivity contribution in [3.8, 4) is 5.75 Å². The fourth-order valence-electron chi connectivity index (χ4n) is 3.37. The lowest BCUT2D eigenvalue weighted by Gasteiger charge is -2.31. The molecule has 0 radical (unpaired) electrons. The van der Waals surface area contributed by atoms with Gasteiger partial charge in [-0.1, -0.05) is 11.6 Å². The summed E-state index contributed by atoms with van der Waals surface area (Å²) < 4.78 is 5.29. The molecule has 1 aliphatic carbocycles. The van der Waals surface area contributed by atoms with Gasteiger partial charge in [0.05, 0.1) is 23.4 Å². The molecule has 2 fully saturated rings. The van der Waals surface area contributed by atoms with Crippen molar-refractivity contribution in [2.75, 3.05) is 32.5 Å². The van der Waals surface area contributed by atoms with Gasteiger partial charge >= 0.3 is 0 Å². The summed E-state index contributed by atoms with van der Waals surface area (Å²) in [5.74, 6) is 2.01. The number of halogens is 1. The van der Waals surface area contributed by atoms with Crippen molar-refractivity contribution in [2.24, 2.45) is 11.8 Å². The number of carbonyl (C=O) groups excluding carboxylic acids is 1. The zero-order chi connectivity index (χ0) is 16.4. The summed E-state index contributed by atoms with van der Waals surface area (Å²) in [5, 5.41) is 0.411. The predicted molar refractivity (Wildman–Crippen MR) is 93.3 cm³/mol. The van der Waals surface area contributed by atoms with Crippen LogP contribution in [0.1, 0.15) is 42.5 Å². The maximum absolute atomic E-state index is 12.6. The highest BCUT2D eigenvalue weighted by Gasteiger charge is 2.28. The van der Waals surface area contributed by atoms with Crippen LogP contribution in [0, 0.1) is 11.8 Å². The number of nitrogen functional groups attached to an aromatic ring is 1. The molecule has 0 bridgehead atoms. The van der Waals surface area contributed by atoms with Crippen LogP contribution in [0.2, 0.25) is 5.02 Å². The SMILES string of the molecule is COc1cc(N)c(Cl)cc1C(=O)CC1CCN(CC2CC2)CC1. The van der Waals surface area contributed by atoms with Gasteiger partial charge in [-0.3, -0.25) is 4.79 Å². The number of nitrogens with zero attached hydrogens (tertiary/aromatic N) is 1. The van der Waals surface area contributed by atoms with Gasteiger partial charge in [0.15, 0.2) is 5.78 Å². The zero-order valence-electron chi connectivity index (χ0n) is 13.7. The summed E-state index contributed by atoms with van der Waals surface area (Å²) in [7, 11) is 1.55. The molecule has 0 atom stereocenters. The standard InChI is InChI=1S/C18H25ClN2O2/c1-23-18-10-16(20)15(19)9-14(18)17(22)8-12-4-6-21(7-5-12)11-13-2-3-13/h9-10,12-13H,2-8,11,20H2,1H3. The van der Waals surface area contributed by atoms with Crippen LogP contribution >= 0.6 is 11.6 Å². The van der Waals surface area contributed by atoms with E-state index in [4.69, 9.17) is 22.1 Å². The number of Topliss-reactive ketones (excluding diaryl/α,β-unsaturated/α-hetero) is 1. The highest BCUT2D eigenvalue weighted by Crippen LogP contribution is 2.33. The third-order valence-corrected chi connectivity index (χ3v) is 5.34. The molecule has 1 aromatic rings. The van der Waals surface area contributed by atoms with Gasteiger partial charge in [0.25, 0.3) is 0 Å². The minimum absolute atomic E-state index is 0.101. The highest BCUT2D eigenvalue weighted by atomic mass is 35.5. The Bertz CT molecular complexity index is 579. The van der Waals surface area contributed by atoms with E-state index in [-0.39, 0.29) is 5.78 Å². The van der Waals surface area contributed by atoms with Gasteiger partial charge < -0.3 is 15.4 Å². The molecule has 3 rings (SSSR count). The average Bonchev–Trinajstić information content (AvgIpc) is 3.35. The molecule has 2 N–H and O–H groups in total. The third kappa shape index (κ3) is 4.18. The normalized spacial score (nSPS) is 19.7. The van der Waals surface area contributed by atoms with Gasteiger partial charge in [0, 0.05) is 19.0 Å². The van der Waals surface area contributed by atoms with Crippen molar-refractivity contribution in [3.05, 3.63) is 22.7 Å². The maximum Gasteiger partial charge on any atom is 0.166 e. The monoisotopic (exact) mass is 336 g/mol. The van der Waals surface area contributed by atoms with E-state index in [0.717, 1.165) is 31.8 Å². The molecule has 23 heavy (non-hydrogen) atoms. The van der Waals surface area contributed by atoms with Crippen molar-refractivity contribution in [1.82, 2.24) is 4.90 Å². The number of piperidine rings is 1. The predicted octanol–water partition coefficient (Wildman–Crippen LogP) is 3.63. The second-order valence-electron chi connectivity index (χ2n) is 6.89. The molecule has 0 spiro atoms. The first-order valence-corrected chi connectivity index (χ1v) is 8.83. The van der Waals surface area contributed by atoms with Crippen molar-refractivity contribution >= 4 is 23.1 Å². The van der Waals surface area contributed by atoms with Gasteiger partial charge in [-0.25, -0.2) is 0 Å². The molecule has 1 saturated carbocycles. The number of ether oxygens (including phenoxy) is 1. The van der Waals surface area contributed by atoms with Crippen LogP contribution in [0.4, 0.5) is 5.69 Å². The minimum Gasteiger partial charge on any atom is -0.496 e. The topological polar surface area (TPSA) is 55.6 Å². The first-order valence-electron chi connectivity index (χ1n) is 8.45. The second-order valence-corrected chi connectivity index (χ2v) is 7.30. The molecule has 2 aliphatic rings. The Labute approximate surface area is 142 Å². The minimum atomic E-state index is 0.101. The van der Waals surface area contributed by atoms with Crippen LogP contribution in [-0.4, -0.2) is 37.4 Å². The number of hydrogen-bond acceptors (Lipinski definition) is 4. The fraction of sp³-hybridized carbons (Fsp3) is 0.611. The molecule has 1 saturated heterocycles. The molecule has 1 aromatic carbocycles. The molecule has 0 unspecified atom stereocenters. The van der Waals surface area contributed by atoms with Gasteiger partial charge in [-0.15, -0.1) is 0 Å². The summed E-state index contributed by atoms with van der Waals surface area (Å²) in [6, 6.07) is 3.27. The summed E-state index contributed by atoms with van der Waals surface area (Å²) in [6.07, 6.45) is 5.56. The number of nitrogens with two attached hydrogens (primary N) is 1. The Balaban J connectivity index is 1.58. The number of ketones is 1. The molecule has 126 valence electrons. The number of anilines is 1. The van der Waals surface area contributed by atoms with Crippen molar-refractivity contribution in [2.45, 2.75) is 32.1 Å². The molecule has 4 nitrogen and oxygen atoms in total. The van der Waals surface area contributed by atoms with Gasteiger partial charge in [0.2, 0.25) is 0 Å². The van der Waals surface area contributed by atoms with Crippen molar-refractivity contribution < 1.29 is 9.53 Å². The van der Waals surface area contributed by atoms with Crippen LogP contribution in [0.25, 0.3) is 0 Å². The quantitative estimate of drug-likeness (QED) is 0.636. The lowest BCUT2D eigenvalue weighted by atomic mass is 9.89. The Hall–Kier alpha value is -1.26.